The number of aromatic nitrogens is 1. The van der Waals surface area contributed by atoms with Gasteiger partial charge in [0.25, 0.3) is 5.89 Å². The molecule has 1 spiro atoms. The number of nitrogens with zero attached hydrogens (tertiary/aromatic N) is 2. The van der Waals surface area contributed by atoms with Crippen LogP contribution in [0.1, 0.15) is 61.2 Å². The van der Waals surface area contributed by atoms with Crippen LogP contribution in [0.5, 0.6) is 0 Å². The molecular weight excluding hydrogens is 408 g/mol. The van der Waals surface area contributed by atoms with Crippen LogP contribution in [0.4, 0.5) is 10.5 Å². The molecule has 1 saturated heterocycles. The summed E-state index contributed by atoms with van der Waals surface area (Å²) in [5.41, 5.74) is 1.87. The monoisotopic (exact) mass is 432 g/mol. The van der Waals surface area contributed by atoms with Crippen LogP contribution < -0.4 is 10.6 Å². The molecule has 160 valence electrons. The third-order valence-electron chi connectivity index (χ3n) is 6.59. The highest BCUT2D eigenvalue weighted by molar-refractivity contribution is 6.35. The van der Waals surface area contributed by atoms with Crippen LogP contribution >= 0.6 is 11.6 Å². The lowest BCUT2D eigenvalue weighted by Crippen LogP contribution is -2.52. The van der Waals surface area contributed by atoms with Crippen molar-refractivity contribution in [1.29, 1.82) is 0 Å². The Bertz CT molecular complexity index is 1010. The topological polar surface area (TPSA) is 96.7 Å². The number of methoxy groups -OCH3 is 1. The Morgan fingerprint density at radius 2 is 2.13 bits per heavy atom. The van der Waals surface area contributed by atoms with Crippen LogP contribution in [0.15, 0.2) is 10.5 Å². The lowest BCUT2D eigenvalue weighted by molar-refractivity contribution is 0.0249. The molecule has 0 radical (unpaired) electrons. The number of hydrogen-bond acceptors (Lipinski definition) is 5. The fraction of sp³-hybridized carbons (Fsp3) is 0.571. The van der Waals surface area contributed by atoms with Crippen molar-refractivity contribution in [3.05, 3.63) is 22.5 Å². The summed E-state index contributed by atoms with van der Waals surface area (Å²) in [7, 11) is 1.66. The Kier molecular flexibility index (Phi) is 4.86. The molecule has 1 aromatic carbocycles. The van der Waals surface area contributed by atoms with E-state index in [0.29, 0.717) is 34.9 Å². The van der Waals surface area contributed by atoms with Gasteiger partial charge in [-0.25, -0.2) is 9.78 Å². The summed E-state index contributed by atoms with van der Waals surface area (Å²) in [4.78, 5) is 31.7. The second-order valence-electron chi connectivity index (χ2n) is 8.45. The number of amides is 3. The molecule has 1 atom stereocenters. The van der Waals surface area contributed by atoms with Gasteiger partial charge >= 0.3 is 11.9 Å². The molecule has 9 heteroatoms. The number of fused-ring (bicyclic) bond motifs is 4. The van der Waals surface area contributed by atoms with Gasteiger partial charge in [0.2, 0.25) is 0 Å². The number of benzene rings is 1. The quantitative estimate of drug-likeness (QED) is 0.746. The minimum Gasteiger partial charge on any atom is -0.432 e. The number of urea groups is 1. The number of anilines is 1. The Morgan fingerprint density at radius 1 is 1.33 bits per heavy atom. The Hall–Kier alpha value is -2.32. The molecule has 0 unspecified atom stereocenters. The molecule has 30 heavy (non-hydrogen) atoms. The van der Waals surface area contributed by atoms with E-state index in [1.807, 2.05) is 0 Å². The first-order valence-corrected chi connectivity index (χ1v) is 10.9. The van der Waals surface area contributed by atoms with Gasteiger partial charge in [0, 0.05) is 25.8 Å². The molecule has 1 aromatic heterocycles. The van der Waals surface area contributed by atoms with E-state index in [4.69, 9.17) is 20.8 Å². The number of nitrogens with one attached hydrogen (secondary N) is 2. The maximum absolute atomic E-state index is 13.1. The van der Waals surface area contributed by atoms with E-state index < -0.39 is 5.54 Å². The van der Waals surface area contributed by atoms with Crippen molar-refractivity contribution in [2.24, 2.45) is 0 Å². The number of halogens is 1. The third kappa shape index (κ3) is 3.13. The fourth-order valence-electron chi connectivity index (χ4n) is 5.11. The summed E-state index contributed by atoms with van der Waals surface area (Å²) >= 11 is 6.53. The van der Waals surface area contributed by atoms with Gasteiger partial charge in [-0.15, -0.1) is 0 Å². The van der Waals surface area contributed by atoms with Crippen molar-refractivity contribution in [3.8, 4) is 0 Å². The van der Waals surface area contributed by atoms with Crippen LogP contribution in [0.2, 0.25) is 5.02 Å². The van der Waals surface area contributed by atoms with Gasteiger partial charge < -0.3 is 24.7 Å². The van der Waals surface area contributed by atoms with E-state index >= 15 is 0 Å². The minimum absolute atomic E-state index is 0.0270. The maximum Gasteiger partial charge on any atom is 0.319 e. The van der Waals surface area contributed by atoms with Crippen molar-refractivity contribution >= 4 is 40.3 Å². The number of likely N-dealkylation sites (tertiary alicyclic amines) is 1. The van der Waals surface area contributed by atoms with E-state index in [1.54, 1.807) is 18.1 Å². The van der Waals surface area contributed by atoms with E-state index in [2.05, 4.69) is 15.6 Å². The first kappa shape index (κ1) is 19.6. The molecule has 1 saturated carbocycles. The number of carbonyl (C=O) groups excluding carboxylic acids is 2. The highest BCUT2D eigenvalue weighted by Gasteiger charge is 2.44. The summed E-state index contributed by atoms with van der Waals surface area (Å²) < 4.78 is 11.5. The van der Waals surface area contributed by atoms with Crippen molar-refractivity contribution in [2.45, 2.75) is 56.6 Å². The second-order valence-corrected chi connectivity index (χ2v) is 8.86. The number of piperidine rings is 1. The van der Waals surface area contributed by atoms with Gasteiger partial charge in [-0.1, -0.05) is 30.9 Å². The molecule has 8 nitrogen and oxygen atoms in total. The Morgan fingerprint density at radius 3 is 2.90 bits per heavy atom. The molecule has 2 aromatic rings. The molecule has 3 heterocycles. The third-order valence-corrected chi connectivity index (χ3v) is 6.89. The molecule has 2 aliphatic heterocycles. The van der Waals surface area contributed by atoms with Gasteiger partial charge in [-0.3, -0.25) is 4.79 Å². The summed E-state index contributed by atoms with van der Waals surface area (Å²) in [6.45, 7) is 1.17. The molecular formula is C21H25ClN4O4. The summed E-state index contributed by atoms with van der Waals surface area (Å²) in [6, 6.07) is 1.40. The zero-order valence-corrected chi connectivity index (χ0v) is 17.7. The predicted molar refractivity (Wildman–Crippen MR) is 112 cm³/mol. The number of rotatable bonds is 2. The minimum atomic E-state index is -0.550. The molecule has 1 aliphatic carbocycles. The predicted octanol–water partition coefficient (Wildman–Crippen LogP) is 4.03. The summed E-state index contributed by atoms with van der Waals surface area (Å²) in [6.07, 6.45) is 6.57. The molecule has 0 bridgehead atoms. The SMILES string of the molecule is CO[C@@H]1CCCN(C(=O)c2nc3cc(Cl)c4c(c3o2)C2(CCCCC2)NC(=O)N4)C1. The van der Waals surface area contributed by atoms with Crippen molar-refractivity contribution in [3.63, 3.8) is 0 Å². The van der Waals surface area contributed by atoms with Crippen molar-refractivity contribution in [1.82, 2.24) is 15.2 Å². The van der Waals surface area contributed by atoms with Crippen LogP contribution in [-0.4, -0.2) is 48.1 Å². The molecule has 5 rings (SSSR count). The average molecular weight is 433 g/mol. The second kappa shape index (κ2) is 7.42. The standard InChI is InChI=1S/C21H25ClN4O4/c1-29-12-6-5-9-26(11-12)19(27)18-23-14-10-13(22)16-15(17(14)30-18)21(25-20(28)24-16)7-3-2-4-8-21/h10,12H,2-9,11H2,1H3,(H2,24,25,28)/t12-/m1/s1. The van der Waals surface area contributed by atoms with Gasteiger partial charge in [0.15, 0.2) is 5.58 Å². The maximum atomic E-state index is 13.1. The van der Waals surface area contributed by atoms with E-state index in [9.17, 15) is 9.59 Å². The molecule has 2 N–H and O–H groups in total. The van der Waals surface area contributed by atoms with Gasteiger partial charge in [-0.2, -0.15) is 0 Å². The zero-order valence-electron chi connectivity index (χ0n) is 16.9. The van der Waals surface area contributed by atoms with E-state index in [1.165, 1.54) is 0 Å². The number of carbonyl (C=O) groups is 2. The highest BCUT2D eigenvalue weighted by Crippen LogP contribution is 2.48. The van der Waals surface area contributed by atoms with Crippen LogP contribution in [0.3, 0.4) is 0 Å². The zero-order chi connectivity index (χ0) is 20.9. The molecule has 3 aliphatic rings. The first-order chi connectivity index (χ1) is 14.5. The highest BCUT2D eigenvalue weighted by atomic mass is 35.5. The Labute approximate surface area is 179 Å². The number of oxazole rings is 1. The van der Waals surface area contributed by atoms with E-state index in [0.717, 1.165) is 50.5 Å². The lowest BCUT2D eigenvalue weighted by Gasteiger charge is -2.42. The smallest absolute Gasteiger partial charge is 0.319 e. The first-order valence-electron chi connectivity index (χ1n) is 10.6. The number of ether oxygens (including phenoxy) is 1. The average Bonchev–Trinajstić information content (AvgIpc) is 3.17. The fourth-order valence-corrected chi connectivity index (χ4v) is 5.35. The van der Waals surface area contributed by atoms with Crippen LogP contribution in [0, 0.1) is 0 Å². The van der Waals surface area contributed by atoms with E-state index in [-0.39, 0.29) is 23.9 Å². The molecule has 3 amide bonds. The summed E-state index contributed by atoms with van der Waals surface area (Å²) in [5, 5.41) is 6.34. The van der Waals surface area contributed by atoms with Gasteiger partial charge in [0.05, 0.1) is 22.4 Å². The largest absolute Gasteiger partial charge is 0.432 e. The van der Waals surface area contributed by atoms with Crippen molar-refractivity contribution < 1.29 is 18.7 Å². The number of hydrogen-bond donors (Lipinski definition) is 2. The van der Waals surface area contributed by atoms with Crippen LogP contribution in [0.25, 0.3) is 11.1 Å². The van der Waals surface area contributed by atoms with Gasteiger partial charge in [-0.05, 0) is 31.7 Å². The normalized spacial score (nSPS) is 23.2. The van der Waals surface area contributed by atoms with Gasteiger partial charge in [0.1, 0.15) is 5.52 Å². The molecule has 2 fully saturated rings. The summed E-state index contributed by atoms with van der Waals surface area (Å²) in [5.74, 6) is -0.197. The lowest BCUT2D eigenvalue weighted by atomic mass is 9.74. The van der Waals surface area contributed by atoms with Crippen molar-refractivity contribution in [2.75, 3.05) is 25.5 Å². The van der Waals surface area contributed by atoms with Crippen LogP contribution in [-0.2, 0) is 10.3 Å². The Balaban J connectivity index is 1.59.